The predicted octanol–water partition coefficient (Wildman–Crippen LogP) is 8.85. The summed E-state index contributed by atoms with van der Waals surface area (Å²) in [4.78, 5) is 0. The maximum Gasteiger partial charge on any atom is 0.127 e. The first kappa shape index (κ1) is 21.5. The second-order valence-electron chi connectivity index (χ2n) is 7.86. The van der Waals surface area contributed by atoms with Crippen LogP contribution < -0.4 is 4.74 Å². The number of benzene rings is 4. The van der Waals surface area contributed by atoms with Crippen LogP contribution in [0, 0.1) is 13.8 Å². The first-order valence-corrected chi connectivity index (χ1v) is 11.1. The lowest BCUT2D eigenvalue weighted by atomic mass is 9.99. The van der Waals surface area contributed by atoms with Crippen LogP contribution in [0.4, 0.5) is 0 Å². The largest absolute Gasteiger partial charge is 0.457 e. The molecule has 0 aliphatic rings. The number of hydrogen-bond acceptors (Lipinski definition) is 1. The van der Waals surface area contributed by atoms with Gasteiger partial charge in [-0.3, -0.25) is 0 Å². The molecule has 4 aromatic carbocycles. The van der Waals surface area contributed by atoms with Crippen molar-refractivity contribution < 1.29 is 4.74 Å². The molecule has 0 spiro atoms. The molecule has 0 unspecified atom stereocenters. The molecule has 0 fully saturated rings. The fraction of sp³-hybridized carbons (Fsp3) is 0.143. The number of hydrogen-bond donors (Lipinski definition) is 0. The van der Waals surface area contributed by atoms with E-state index in [-0.39, 0.29) is 0 Å². The van der Waals surface area contributed by atoms with Gasteiger partial charge in [0.15, 0.2) is 0 Å². The van der Waals surface area contributed by atoms with Crippen LogP contribution in [0.1, 0.15) is 22.3 Å². The van der Waals surface area contributed by atoms with Crippen molar-refractivity contribution in [2.24, 2.45) is 0 Å². The smallest absolute Gasteiger partial charge is 0.127 e. The topological polar surface area (TPSA) is 9.23 Å². The van der Waals surface area contributed by atoms with E-state index >= 15 is 0 Å². The van der Waals surface area contributed by atoms with Gasteiger partial charge < -0.3 is 4.74 Å². The Hall–Kier alpha value is -2.74. The summed E-state index contributed by atoms with van der Waals surface area (Å²) in [6.07, 6.45) is 1.85. The summed E-state index contributed by atoms with van der Waals surface area (Å²) in [6.45, 7) is 4.10. The fourth-order valence-corrected chi connectivity index (χ4v) is 4.17. The van der Waals surface area contributed by atoms with E-state index in [1.807, 2.05) is 61.5 Å². The van der Waals surface area contributed by atoms with E-state index in [4.69, 9.17) is 27.9 Å². The Morgan fingerprint density at radius 1 is 0.548 bits per heavy atom. The lowest BCUT2D eigenvalue weighted by Crippen LogP contribution is -1.93. The predicted molar refractivity (Wildman–Crippen MR) is 132 cm³/mol. The molecule has 0 amide bonds. The van der Waals surface area contributed by atoms with Crippen LogP contribution in [-0.2, 0) is 12.8 Å². The minimum atomic E-state index is 0.725. The highest BCUT2D eigenvalue weighted by Crippen LogP contribution is 2.34. The third kappa shape index (κ3) is 5.50. The molecule has 3 heteroatoms. The van der Waals surface area contributed by atoms with Crippen molar-refractivity contribution in [2.45, 2.75) is 26.7 Å². The molecular formula is C28H24Cl2O. The molecule has 0 N–H and O–H groups in total. The maximum absolute atomic E-state index is 6.59. The highest BCUT2D eigenvalue weighted by atomic mass is 35.5. The summed E-state index contributed by atoms with van der Waals surface area (Å²) in [7, 11) is 0. The highest BCUT2D eigenvalue weighted by Gasteiger charge is 2.09. The Kier molecular flexibility index (Phi) is 6.65. The van der Waals surface area contributed by atoms with Crippen molar-refractivity contribution in [3.05, 3.63) is 117 Å². The van der Waals surface area contributed by atoms with E-state index in [9.17, 15) is 0 Å². The summed E-state index contributed by atoms with van der Waals surface area (Å²) < 4.78 is 5.91. The summed E-state index contributed by atoms with van der Waals surface area (Å²) >= 11 is 13.0. The van der Waals surface area contributed by atoms with Gasteiger partial charge in [-0.25, -0.2) is 0 Å². The van der Waals surface area contributed by atoms with Crippen molar-refractivity contribution >= 4 is 23.2 Å². The average molecular weight is 447 g/mol. The Balaban J connectivity index is 1.40. The number of ether oxygens (including phenoxy) is 1. The number of halogens is 2. The second-order valence-corrected chi connectivity index (χ2v) is 8.67. The standard InChI is InChI=1S/C28H24Cl2O/c1-19-3-11-23(12-4-19)31-24-13-8-21(9-14-24)6-7-22-10-16-26(28(30)18-22)25-15-5-20(2)17-27(25)29/h3-5,8-18H,6-7H2,1-2H3. The van der Waals surface area contributed by atoms with Gasteiger partial charge in [-0.1, -0.05) is 77.3 Å². The van der Waals surface area contributed by atoms with Gasteiger partial charge in [0.2, 0.25) is 0 Å². The van der Waals surface area contributed by atoms with Crippen LogP contribution in [0.3, 0.4) is 0 Å². The van der Waals surface area contributed by atoms with Crippen molar-refractivity contribution in [3.8, 4) is 22.6 Å². The zero-order valence-corrected chi connectivity index (χ0v) is 19.2. The SMILES string of the molecule is Cc1ccc(Oc2ccc(CCc3ccc(-c4ccc(C)cc4Cl)c(Cl)c3)cc2)cc1. The third-order valence-electron chi connectivity index (χ3n) is 5.33. The van der Waals surface area contributed by atoms with Gasteiger partial charge >= 0.3 is 0 Å². The summed E-state index contributed by atoms with van der Waals surface area (Å²) in [6, 6.07) is 28.6. The molecule has 1 nitrogen and oxygen atoms in total. The molecule has 0 heterocycles. The summed E-state index contributed by atoms with van der Waals surface area (Å²) in [5, 5.41) is 1.45. The van der Waals surface area contributed by atoms with E-state index in [2.05, 4.69) is 37.3 Å². The first-order chi connectivity index (χ1) is 15.0. The van der Waals surface area contributed by atoms with Crippen LogP contribution in [0.2, 0.25) is 10.0 Å². The molecule has 4 aromatic rings. The Morgan fingerprint density at radius 3 is 1.65 bits per heavy atom. The van der Waals surface area contributed by atoms with Crippen molar-refractivity contribution in [3.63, 3.8) is 0 Å². The number of rotatable bonds is 6. The van der Waals surface area contributed by atoms with E-state index in [0.717, 1.165) is 51.1 Å². The summed E-state index contributed by atoms with van der Waals surface area (Å²) in [5.74, 6) is 1.69. The monoisotopic (exact) mass is 446 g/mol. The second kappa shape index (κ2) is 9.60. The molecular weight excluding hydrogens is 423 g/mol. The quantitative estimate of drug-likeness (QED) is 0.287. The zero-order chi connectivity index (χ0) is 21.8. The molecule has 0 aliphatic heterocycles. The maximum atomic E-state index is 6.59. The molecule has 0 saturated heterocycles. The Bertz CT molecular complexity index is 1180. The average Bonchev–Trinajstić information content (AvgIpc) is 2.76. The molecule has 0 aliphatic carbocycles. The highest BCUT2D eigenvalue weighted by molar-refractivity contribution is 6.36. The van der Waals surface area contributed by atoms with E-state index in [1.54, 1.807) is 0 Å². The first-order valence-electron chi connectivity index (χ1n) is 10.4. The van der Waals surface area contributed by atoms with Crippen LogP contribution in [0.15, 0.2) is 84.9 Å². The lowest BCUT2D eigenvalue weighted by molar-refractivity contribution is 0.482. The van der Waals surface area contributed by atoms with Crippen LogP contribution >= 0.6 is 23.2 Å². The van der Waals surface area contributed by atoms with E-state index in [1.165, 1.54) is 16.7 Å². The molecule has 0 atom stereocenters. The third-order valence-corrected chi connectivity index (χ3v) is 5.96. The van der Waals surface area contributed by atoms with Gasteiger partial charge in [0.25, 0.3) is 0 Å². The minimum absolute atomic E-state index is 0.725. The molecule has 0 bridgehead atoms. The van der Waals surface area contributed by atoms with Gasteiger partial charge in [-0.2, -0.15) is 0 Å². The molecule has 156 valence electrons. The van der Waals surface area contributed by atoms with E-state index < -0.39 is 0 Å². The number of aryl methyl sites for hydroxylation is 4. The van der Waals surface area contributed by atoms with Crippen molar-refractivity contribution in [2.75, 3.05) is 0 Å². The van der Waals surface area contributed by atoms with Crippen LogP contribution in [-0.4, -0.2) is 0 Å². The van der Waals surface area contributed by atoms with Crippen LogP contribution in [0.25, 0.3) is 11.1 Å². The van der Waals surface area contributed by atoms with Crippen molar-refractivity contribution in [1.82, 2.24) is 0 Å². The van der Waals surface area contributed by atoms with Gasteiger partial charge in [-0.15, -0.1) is 0 Å². The van der Waals surface area contributed by atoms with Crippen molar-refractivity contribution in [1.29, 1.82) is 0 Å². The lowest BCUT2D eigenvalue weighted by Gasteiger charge is -2.10. The Labute approximate surface area is 194 Å². The summed E-state index contributed by atoms with van der Waals surface area (Å²) in [5.41, 5.74) is 6.76. The molecule has 4 rings (SSSR count). The Morgan fingerprint density at radius 2 is 1.03 bits per heavy atom. The molecule has 0 radical (unpaired) electrons. The van der Waals surface area contributed by atoms with Gasteiger partial charge in [0.05, 0.1) is 0 Å². The van der Waals surface area contributed by atoms with Crippen LogP contribution in [0.5, 0.6) is 11.5 Å². The molecule has 31 heavy (non-hydrogen) atoms. The molecule has 0 saturated carbocycles. The van der Waals surface area contributed by atoms with E-state index in [0.29, 0.717) is 0 Å². The molecule has 0 aromatic heterocycles. The van der Waals surface area contributed by atoms with Gasteiger partial charge in [0, 0.05) is 21.2 Å². The fourth-order valence-electron chi connectivity index (χ4n) is 3.53. The van der Waals surface area contributed by atoms with Gasteiger partial charge in [-0.05, 0) is 79.8 Å². The zero-order valence-electron chi connectivity index (χ0n) is 17.7. The minimum Gasteiger partial charge on any atom is -0.457 e. The normalized spacial score (nSPS) is 10.8. The van der Waals surface area contributed by atoms with Gasteiger partial charge in [0.1, 0.15) is 11.5 Å².